The van der Waals surface area contributed by atoms with Crippen molar-refractivity contribution in [2.45, 2.75) is 12.5 Å². The molecule has 3 aromatic rings. The number of benzene rings is 2. The number of carboxylic acids is 1. The molecule has 0 bridgehead atoms. The smallest absolute Gasteiger partial charge is 0.332 e. The molecule has 0 saturated heterocycles. The second-order valence-electron chi connectivity index (χ2n) is 6.06. The van der Waals surface area contributed by atoms with Crippen LogP contribution in [0.3, 0.4) is 0 Å². The normalized spacial score (nSPS) is 13.2. The van der Waals surface area contributed by atoms with Crippen LogP contribution in [0.25, 0.3) is 10.9 Å². The number of hydrogen-bond donors (Lipinski definition) is 3. The number of para-hydroxylation sites is 1. The third-order valence-corrected chi connectivity index (χ3v) is 4.69. The maximum Gasteiger partial charge on any atom is 0.332 e. The Balaban J connectivity index is 1.82. The predicted molar refractivity (Wildman–Crippen MR) is 101 cm³/mol. The van der Waals surface area contributed by atoms with E-state index in [9.17, 15) is 14.7 Å². The lowest BCUT2D eigenvalue weighted by Crippen LogP contribution is -2.56. The zero-order chi connectivity index (χ0) is 18.7. The Labute approximate surface area is 158 Å². The van der Waals surface area contributed by atoms with Crippen LogP contribution < -0.4 is 10.1 Å². The van der Waals surface area contributed by atoms with E-state index in [0.29, 0.717) is 16.7 Å². The molecule has 3 rings (SSSR count). The van der Waals surface area contributed by atoms with E-state index in [4.69, 9.17) is 4.74 Å². The van der Waals surface area contributed by atoms with Crippen LogP contribution >= 0.6 is 15.9 Å². The predicted octanol–water partition coefficient (Wildman–Crippen LogP) is 3.58. The van der Waals surface area contributed by atoms with Crippen LogP contribution in [0, 0.1) is 0 Å². The van der Waals surface area contributed by atoms with Crippen LogP contribution in [-0.2, 0) is 4.79 Å². The minimum absolute atomic E-state index is 0.207. The highest BCUT2D eigenvalue weighted by molar-refractivity contribution is 9.10. The van der Waals surface area contributed by atoms with Gasteiger partial charge in [-0.25, -0.2) is 4.79 Å². The Hall–Kier alpha value is -2.80. The Kier molecular flexibility index (Phi) is 4.99. The highest BCUT2D eigenvalue weighted by Gasteiger charge is 2.37. The molecule has 1 atom stereocenters. The SMILES string of the molecule is CC(COc1ccccc1)(NC(=O)c1c[nH]c2cccc(Br)c12)C(=O)O. The van der Waals surface area contributed by atoms with E-state index in [1.807, 2.05) is 24.3 Å². The van der Waals surface area contributed by atoms with Crippen LogP contribution in [0.4, 0.5) is 0 Å². The minimum Gasteiger partial charge on any atom is -0.491 e. The summed E-state index contributed by atoms with van der Waals surface area (Å²) in [5.74, 6) is -1.14. The number of fused-ring (bicyclic) bond motifs is 1. The van der Waals surface area contributed by atoms with E-state index in [-0.39, 0.29) is 6.61 Å². The van der Waals surface area contributed by atoms with Crippen molar-refractivity contribution in [2.75, 3.05) is 6.61 Å². The summed E-state index contributed by atoms with van der Waals surface area (Å²) in [6.45, 7) is 1.21. The molecule has 0 radical (unpaired) electrons. The summed E-state index contributed by atoms with van der Waals surface area (Å²) in [4.78, 5) is 27.5. The number of carboxylic acid groups (broad SMARTS) is 1. The summed E-state index contributed by atoms with van der Waals surface area (Å²) >= 11 is 3.42. The van der Waals surface area contributed by atoms with Crippen molar-refractivity contribution >= 4 is 38.7 Å². The number of rotatable bonds is 6. The topological polar surface area (TPSA) is 91.4 Å². The van der Waals surface area contributed by atoms with Crippen molar-refractivity contribution in [2.24, 2.45) is 0 Å². The summed E-state index contributed by atoms with van der Waals surface area (Å²) in [5, 5.41) is 12.9. The fraction of sp³-hybridized carbons (Fsp3) is 0.158. The van der Waals surface area contributed by atoms with Gasteiger partial charge >= 0.3 is 5.97 Å². The highest BCUT2D eigenvalue weighted by atomic mass is 79.9. The molecule has 7 heteroatoms. The molecule has 0 fully saturated rings. The van der Waals surface area contributed by atoms with E-state index < -0.39 is 17.4 Å². The molecule has 1 heterocycles. The zero-order valence-electron chi connectivity index (χ0n) is 14.0. The minimum atomic E-state index is -1.59. The van der Waals surface area contributed by atoms with E-state index in [0.717, 1.165) is 9.99 Å². The number of carbonyl (C=O) groups is 2. The molecular formula is C19H17BrN2O4. The molecule has 0 spiro atoms. The Morgan fingerprint density at radius 2 is 1.92 bits per heavy atom. The number of aromatic nitrogens is 1. The molecule has 0 aliphatic carbocycles. The third-order valence-electron chi connectivity index (χ3n) is 4.03. The number of halogens is 1. The standard InChI is InChI=1S/C19H17BrN2O4/c1-19(18(24)25,11-26-12-6-3-2-4-7-12)22-17(23)13-10-21-15-9-5-8-14(20)16(13)15/h2-10,21H,11H2,1H3,(H,22,23)(H,24,25). The number of aromatic amines is 1. The number of hydrogen-bond acceptors (Lipinski definition) is 3. The van der Waals surface area contributed by atoms with Gasteiger partial charge < -0.3 is 20.1 Å². The highest BCUT2D eigenvalue weighted by Crippen LogP contribution is 2.27. The average molecular weight is 417 g/mol. The molecule has 2 aromatic carbocycles. The molecule has 0 saturated carbocycles. The number of ether oxygens (including phenoxy) is 1. The van der Waals surface area contributed by atoms with Gasteiger partial charge in [0.25, 0.3) is 5.91 Å². The van der Waals surface area contributed by atoms with Crippen molar-refractivity contribution in [1.82, 2.24) is 10.3 Å². The summed E-state index contributed by atoms with van der Waals surface area (Å²) in [7, 11) is 0. The molecule has 134 valence electrons. The Morgan fingerprint density at radius 3 is 2.62 bits per heavy atom. The first kappa shape index (κ1) is 18.0. The van der Waals surface area contributed by atoms with Crippen molar-refractivity contribution in [1.29, 1.82) is 0 Å². The Morgan fingerprint density at radius 1 is 1.19 bits per heavy atom. The number of aliphatic carboxylic acids is 1. The third kappa shape index (κ3) is 3.57. The Bertz CT molecular complexity index is 955. The van der Waals surface area contributed by atoms with Gasteiger partial charge in [0.15, 0.2) is 5.54 Å². The molecule has 0 aliphatic heterocycles. The molecule has 26 heavy (non-hydrogen) atoms. The van der Waals surface area contributed by atoms with Crippen molar-refractivity contribution in [3.8, 4) is 5.75 Å². The maximum absolute atomic E-state index is 12.7. The van der Waals surface area contributed by atoms with Gasteiger partial charge in [-0.3, -0.25) is 4.79 Å². The summed E-state index contributed by atoms with van der Waals surface area (Å²) in [5.41, 5.74) is -0.445. The molecule has 1 aromatic heterocycles. The fourth-order valence-corrected chi connectivity index (χ4v) is 3.11. The fourth-order valence-electron chi connectivity index (χ4n) is 2.53. The van der Waals surface area contributed by atoms with Crippen LogP contribution in [0.1, 0.15) is 17.3 Å². The van der Waals surface area contributed by atoms with Gasteiger partial charge in [0.05, 0.1) is 5.56 Å². The van der Waals surface area contributed by atoms with Crippen molar-refractivity contribution in [3.63, 3.8) is 0 Å². The van der Waals surface area contributed by atoms with Gasteiger partial charge in [0.1, 0.15) is 12.4 Å². The first-order valence-corrected chi connectivity index (χ1v) is 8.69. The van der Waals surface area contributed by atoms with Gasteiger partial charge in [-0.05, 0) is 31.2 Å². The average Bonchev–Trinajstić information content (AvgIpc) is 3.06. The summed E-state index contributed by atoms with van der Waals surface area (Å²) in [6, 6.07) is 14.4. The lowest BCUT2D eigenvalue weighted by atomic mass is 10.0. The second kappa shape index (κ2) is 7.21. The molecule has 6 nitrogen and oxygen atoms in total. The van der Waals surface area contributed by atoms with E-state index in [2.05, 4.69) is 26.2 Å². The largest absolute Gasteiger partial charge is 0.491 e. The quantitative estimate of drug-likeness (QED) is 0.572. The molecular weight excluding hydrogens is 400 g/mol. The van der Waals surface area contributed by atoms with E-state index in [1.54, 1.807) is 30.5 Å². The number of H-pyrrole nitrogens is 1. The maximum atomic E-state index is 12.7. The molecule has 3 N–H and O–H groups in total. The number of nitrogens with one attached hydrogen (secondary N) is 2. The summed E-state index contributed by atoms with van der Waals surface area (Å²) in [6.07, 6.45) is 1.56. The van der Waals surface area contributed by atoms with Gasteiger partial charge in [0.2, 0.25) is 0 Å². The molecule has 1 amide bonds. The van der Waals surface area contributed by atoms with Crippen molar-refractivity contribution < 1.29 is 19.4 Å². The van der Waals surface area contributed by atoms with Gasteiger partial charge in [0, 0.05) is 21.6 Å². The second-order valence-corrected chi connectivity index (χ2v) is 6.91. The van der Waals surface area contributed by atoms with Gasteiger partial charge in [-0.15, -0.1) is 0 Å². The van der Waals surface area contributed by atoms with Crippen LogP contribution in [-0.4, -0.2) is 34.1 Å². The molecule has 1 unspecified atom stereocenters. The first-order chi connectivity index (χ1) is 12.4. The number of amides is 1. The zero-order valence-corrected chi connectivity index (χ0v) is 15.5. The lowest BCUT2D eigenvalue weighted by molar-refractivity contribution is -0.145. The number of carbonyl (C=O) groups excluding carboxylic acids is 1. The van der Waals surface area contributed by atoms with Crippen LogP contribution in [0.2, 0.25) is 0 Å². The van der Waals surface area contributed by atoms with Gasteiger partial charge in [-0.1, -0.05) is 40.2 Å². The van der Waals surface area contributed by atoms with E-state index in [1.165, 1.54) is 6.92 Å². The van der Waals surface area contributed by atoms with Crippen LogP contribution in [0.15, 0.2) is 59.2 Å². The van der Waals surface area contributed by atoms with Crippen LogP contribution in [0.5, 0.6) is 5.75 Å². The summed E-state index contributed by atoms with van der Waals surface area (Å²) < 4.78 is 6.30. The lowest BCUT2D eigenvalue weighted by Gasteiger charge is -2.26. The monoisotopic (exact) mass is 416 g/mol. The first-order valence-electron chi connectivity index (χ1n) is 7.90. The van der Waals surface area contributed by atoms with E-state index >= 15 is 0 Å². The molecule has 0 aliphatic rings. The van der Waals surface area contributed by atoms with Crippen molar-refractivity contribution in [3.05, 3.63) is 64.8 Å². The van der Waals surface area contributed by atoms with Gasteiger partial charge in [-0.2, -0.15) is 0 Å².